The van der Waals surface area contributed by atoms with Crippen LogP contribution < -0.4 is 4.74 Å². The van der Waals surface area contributed by atoms with Crippen molar-refractivity contribution in [2.75, 3.05) is 7.11 Å². The van der Waals surface area contributed by atoms with E-state index in [4.69, 9.17) is 4.74 Å². The molecule has 0 aliphatic heterocycles. The average molecular weight is 266 g/mol. The highest BCUT2D eigenvalue weighted by Gasteiger charge is 2.14. The fraction of sp³-hybridized carbons (Fsp3) is 0.0588. The monoisotopic (exact) mass is 266 g/mol. The number of rotatable bonds is 2. The second-order valence-corrected chi connectivity index (χ2v) is 4.57. The smallest absolute Gasteiger partial charge is 0.168 e. The van der Waals surface area contributed by atoms with Gasteiger partial charge in [-0.15, -0.1) is 0 Å². The number of hydrogen-bond acceptors (Lipinski definition) is 3. The minimum Gasteiger partial charge on any atom is -0.508 e. The summed E-state index contributed by atoms with van der Waals surface area (Å²) in [6.45, 7) is 0. The Morgan fingerprint density at radius 1 is 0.900 bits per heavy atom. The molecule has 0 saturated heterocycles. The van der Waals surface area contributed by atoms with E-state index in [2.05, 4.69) is 0 Å². The summed E-state index contributed by atoms with van der Waals surface area (Å²) < 4.78 is 5.34. The molecule has 3 rings (SSSR count). The fourth-order valence-corrected chi connectivity index (χ4v) is 2.37. The van der Waals surface area contributed by atoms with Gasteiger partial charge in [-0.3, -0.25) is 0 Å². The number of fused-ring (bicyclic) bond motifs is 1. The molecule has 3 heteroatoms. The van der Waals surface area contributed by atoms with Crippen molar-refractivity contribution >= 4 is 10.8 Å². The third-order valence-corrected chi connectivity index (χ3v) is 3.36. The van der Waals surface area contributed by atoms with Gasteiger partial charge in [0.05, 0.1) is 7.11 Å². The zero-order valence-corrected chi connectivity index (χ0v) is 11.0. The van der Waals surface area contributed by atoms with Gasteiger partial charge in [-0.05, 0) is 29.1 Å². The molecule has 0 amide bonds. The van der Waals surface area contributed by atoms with Crippen LogP contribution in [0, 0.1) is 0 Å². The Kier molecular flexibility index (Phi) is 2.95. The van der Waals surface area contributed by atoms with Gasteiger partial charge < -0.3 is 14.9 Å². The lowest BCUT2D eigenvalue weighted by Crippen LogP contribution is -1.89. The first kappa shape index (κ1) is 12.4. The van der Waals surface area contributed by atoms with Crippen LogP contribution in [-0.4, -0.2) is 17.3 Å². The Hall–Kier alpha value is -2.68. The van der Waals surface area contributed by atoms with Crippen LogP contribution >= 0.6 is 0 Å². The number of hydrogen-bond donors (Lipinski definition) is 2. The molecule has 0 bridgehead atoms. The van der Waals surface area contributed by atoms with Crippen LogP contribution in [0.2, 0.25) is 0 Å². The summed E-state index contributed by atoms with van der Waals surface area (Å²) in [5.41, 5.74) is 1.50. The van der Waals surface area contributed by atoms with Crippen molar-refractivity contribution in [1.29, 1.82) is 0 Å². The van der Waals surface area contributed by atoms with E-state index >= 15 is 0 Å². The van der Waals surface area contributed by atoms with E-state index < -0.39 is 0 Å². The van der Waals surface area contributed by atoms with Crippen LogP contribution in [0.15, 0.2) is 54.6 Å². The molecule has 0 aliphatic rings. The molecule has 3 aromatic carbocycles. The lowest BCUT2D eigenvalue weighted by atomic mass is 9.99. The second kappa shape index (κ2) is 4.78. The van der Waals surface area contributed by atoms with Gasteiger partial charge in [-0.1, -0.05) is 36.4 Å². The van der Waals surface area contributed by atoms with Crippen molar-refractivity contribution < 1.29 is 14.9 Å². The molecule has 0 saturated carbocycles. The second-order valence-electron chi connectivity index (χ2n) is 4.57. The van der Waals surface area contributed by atoms with E-state index in [1.807, 2.05) is 30.3 Å². The fourth-order valence-electron chi connectivity index (χ4n) is 2.37. The summed E-state index contributed by atoms with van der Waals surface area (Å²) in [6, 6.07) is 16.4. The number of phenolic OH excluding ortho intramolecular Hbond substituents is 2. The Morgan fingerprint density at radius 2 is 1.60 bits per heavy atom. The van der Waals surface area contributed by atoms with Crippen molar-refractivity contribution in [3.63, 3.8) is 0 Å². The van der Waals surface area contributed by atoms with Crippen molar-refractivity contribution in [2.45, 2.75) is 0 Å². The van der Waals surface area contributed by atoms with Crippen LogP contribution in [0.3, 0.4) is 0 Å². The summed E-state index contributed by atoms with van der Waals surface area (Å²) in [5, 5.41) is 21.6. The molecule has 0 spiro atoms. The van der Waals surface area contributed by atoms with E-state index in [-0.39, 0.29) is 11.5 Å². The van der Waals surface area contributed by atoms with Gasteiger partial charge >= 0.3 is 0 Å². The van der Waals surface area contributed by atoms with E-state index in [1.165, 1.54) is 0 Å². The molecule has 0 unspecified atom stereocenters. The SMILES string of the molecule is COc1c(O)c(-c2ccc(O)cc2)cc2ccccc12. The Morgan fingerprint density at radius 3 is 2.30 bits per heavy atom. The Bertz CT molecular complexity index is 761. The molecule has 0 heterocycles. The first-order valence-corrected chi connectivity index (χ1v) is 6.29. The molecule has 2 N–H and O–H groups in total. The summed E-state index contributed by atoms with van der Waals surface area (Å²) in [7, 11) is 1.54. The van der Waals surface area contributed by atoms with Crippen LogP contribution in [0.1, 0.15) is 0 Å². The summed E-state index contributed by atoms with van der Waals surface area (Å²) >= 11 is 0. The van der Waals surface area contributed by atoms with Crippen LogP contribution in [-0.2, 0) is 0 Å². The maximum Gasteiger partial charge on any atom is 0.168 e. The molecule has 0 aliphatic carbocycles. The van der Waals surface area contributed by atoms with Crippen molar-refractivity contribution in [1.82, 2.24) is 0 Å². The highest BCUT2D eigenvalue weighted by molar-refractivity contribution is 5.96. The highest BCUT2D eigenvalue weighted by atomic mass is 16.5. The van der Waals surface area contributed by atoms with Crippen molar-refractivity contribution in [3.05, 3.63) is 54.6 Å². The molecule has 3 nitrogen and oxygen atoms in total. The zero-order chi connectivity index (χ0) is 14.1. The molecular weight excluding hydrogens is 252 g/mol. The average Bonchev–Trinajstić information content (AvgIpc) is 2.48. The summed E-state index contributed by atoms with van der Waals surface area (Å²) in [6.07, 6.45) is 0. The van der Waals surface area contributed by atoms with Gasteiger partial charge in [0.1, 0.15) is 5.75 Å². The van der Waals surface area contributed by atoms with Crippen molar-refractivity contribution in [2.24, 2.45) is 0 Å². The molecule has 0 atom stereocenters. The third-order valence-electron chi connectivity index (χ3n) is 3.36. The number of ether oxygens (including phenoxy) is 1. The minimum atomic E-state index is 0.108. The van der Waals surface area contributed by atoms with E-state index in [0.717, 1.165) is 16.3 Å². The quantitative estimate of drug-likeness (QED) is 0.739. The lowest BCUT2D eigenvalue weighted by molar-refractivity contribution is 0.379. The van der Waals surface area contributed by atoms with E-state index in [1.54, 1.807) is 31.4 Å². The van der Waals surface area contributed by atoms with Gasteiger partial charge in [0, 0.05) is 10.9 Å². The number of methoxy groups -OCH3 is 1. The zero-order valence-electron chi connectivity index (χ0n) is 11.0. The number of aromatic hydroxyl groups is 2. The topological polar surface area (TPSA) is 49.7 Å². The molecule has 100 valence electrons. The van der Waals surface area contributed by atoms with E-state index in [9.17, 15) is 10.2 Å². The first-order chi connectivity index (χ1) is 9.70. The molecule has 3 aromatic rings. The maximum atomic E-state index is 10.4. The summed E-state index contributed by atoms with van der Waals surface area (Å²) in [5.74, 6) is 0.768. The predicted octanol–water partition coefficient (Wildman–Crippen LogP) is 3.93. The van der Waals surface area contributed by atoms with Gasteiger partial charge in [-0.2, -0.15) is 0 Å². The maximum absolute atomic E-state index is 10.4. The van der Waals surface area contributed by atoms with Crippen LogP contribution in [0.4, 0.5) is 0 Å². The Labute approximate surface area is 116 Å². The molecule has 0 radical (unpaired) electrons. The third kappa shape index (κ3) is 1.93. The largest absolute Gasteiger partial charge is 0.508 e. The first-order valence-electron chi connectivity index (χ1n) is 6.29. The molecule has 20 heavy (non-hydrogen) atoms. The van der Waals surface area contributed by atoms with Crippen molar-refractivity contribution in [3.8, 4) is 28.4 Å². The molecule has 0 aromatic heterocycles. The number of phenols is 2. The molecule has 0 fully saturated rings. The Balaban J connectivity index is 2.31. The van der Waals surface area contributed by atoms with Gasteiger partial charge in [0.25, 0.3) is 0 Å². The molecular formula is C17H14O3. The van der Waals surface area contributed by atoms with Crippen LogP contribution in [0.25, 0.3) is 21.9 Å². The van der Waals surface area contributed by atoms with Gasteiger partial charge in [0.15, 0.2) is 11.5 Å². The summed E-state index contributed by atoms with van der Waals surface area (Å²) in [4.78, 5) is 0. The highest BCUT2D eigenvalue weighted by Crippen LogP contribution is 2.42. The standard InChI is InChI=1S/C17H14O3/c1-20-17-14-5-3-2-4-12(14)10-15(16(17)19)11-6-8-13(18)9-7-11/h2-10,18-19H,1H3. The van der Waals surface area contributed by atoms with Crippen LogP contribution in [0.5, 0.6) is 17.2 Å². The van der Waals surface area contributed by atoms with Gasteiger partial charge in [0.2, 0.25) is 0 Å². The minimum absolute atomic E-state index is 0.108. The predicted molar refractivity (Wildman–Crippen MR) is 79.3 cm³/mol. The van der Waals surface area contributed by atoms with E-state index in [0.29, 0.717) is 11.3 Å². The van der Waals surface area contributed by atoms with Gasteiger partial charge in [-0.25, -0.2) is 0 Å². The number of benzene rings is 3. The lowest BCUT2D eigenvalue weighted by Gasteiger charge is -2.13. The normalized spacial score (nSPS) is 10.7.